The van der Waals surface area contributed by atoms with Crippen LogP contribution >= 0.6 is 0 Å². The Morgan fingerprint density at radius 3 is 2.85 bits per heavy atom. The van der Waals surface area contributed by atoms with Gasteiger partial charge in [-0.2, -0.15) is 0 Å². The number of benzene rings is 2. The molecular weight excluding hydrogens is 252 g/mol. The summed E-state index contributed by atoms with van der Waals surface area (Å²) >= 11 is 0. The Hall–Kier alpha value is -2.33. The first-order valence-electron chi connectivity index (χ1n) is 6.61. The Labute approximate surface area is 116 Å². The first kappa shape index (κ1) is 12.7. The molecule has 1 aromatic heterocycles. The minimum absolute atomic E-state index is 0.0126. The standard InChI is InChI=1S/C16H16N2O2/c1-10-5-6-11-14(9-10)20-13-4-2-3-12(18-8-7-17)15(13)16(11)19/h2-6,9,18H,7-8,17H2,1H3. The van der Waals surface area contributed by atoms with Gasteiger partial charge in [-0.05, 0) is 36.8 Å². The topological polar surface area (TPSA) is 68.3 Å². The Morgan fingerprint density at radius 2 is 2.05 bits per heavy atom. The number of hydrogen-bond donors (Lipinski definition) is 2. The van der Waals surface area contributed by atoms with E-state index < -0.39 is 0 Å². The van der Waals surface area contributed by atoms with Gasteiger partial charge in [0.25, 0.3) is 0 Å². The number of aryl methyl sites for hydroxylation is 1. The highest BCUT2D eigenvalue weighted by atomic mass is 16.3. The lowest BCUT2D eigenvalue weighted by Gasteiger charge is -2.09. The molecule has 4 heteroatoms. The maximum Gasteiger partial charge on any atom is 0.202 e. The molecule has 4 nitrogen and oxygen atoms in total. The number of anilines is 1. The van der Waals surface area contributed by atoms with Crippen molar-refractivity contribution >= 4 is 27.6 Å². The van der Waals surface area contributed by atoms with Gasteiger partial charge in [-0.15, -0.1) is 0 Å². The summed E-state index contributed by atoms with van der Waals surface area (Å²) in [5.41, 5.74) is 8.54. The van der Waals surface area contributed by atoms with Crippen LogP contribution in [-0.4, -0.2) is 13.1 Å². The average Bonchev–Trinajstić information content (AvgIpc) is 2.44. The second-order valence-electron chi connectivity index (χ2n) is 4.82. The number of nitrogens with two attached hydrogens (primary N) is 1. The molecule has 0 unspecified atom stereocenters. The number of nitrogens with one attached hydrogen (secondary N) is 1. The quantitative estimate of drug-likeness (QED) is 0.716. The summed E-state index contributed by atoms with van der Waals surface area (Å²) in [5.74, 6) is 0. The number of fused-ring (bicyclic) bond motifs is 2. The van der Waals surface area contributed by atoms with Gasteiger partial charge >= 0.3 is 0 Å². The van der Waals surface area contributed by atoms with E-state index in [1.54, 1.807) is 0 Å². The lowest BCUT2D eigenvalue weighted by Crippen LogP contribution is -2.15. The van der Waals surface area contributed by atoms with Gasteiger partial charge in [0.15, 0.2) is 0 Å². The van der Waals surface area contributed by atoms with E-state index in [-0.39, 0.29) is 5.43 Å². The molecule has 0 saturated heterocycles. The van der Waals surface area contributed by atoms with Crippen molar-refractivity contribution in [2.75, 3.05) is 18.4 Å². The van der Waals surface area contributed by atoms with Gasteiger partial charge in [0.1, 0.15) is 11.2 Å². The van der Waals surface area contributed by atoms with E-state index in [0.29, 0.717) is 35.0 Å². The molecule has 0 amide bonds. The number of hydrogen-bond acceptors (Lipinski definition) is 4. The zero-order valence-electron chi connectivity index (χ0n) is 11.3. The Kier molecular flexibility index (Phi) is 3.16. The first-order chi connectivity index (χ1) is 9.70. The van der Waals surface area contributed by atoms with Gasteiger partial charge in [-0.1, -0.05) is 12.1 Å². The van der Waals surface area contributed by atoms with Crippen LogP contribution in [0.25, 0.3) is 21.9 Å². The molecule has 0 fully saturated rings. The van der Waals surface area contributed by atoms with Crippen LogP contribution in [0.2, 0.25) is 0 Å². The van der Waals surface area contributed by atoms with Crippen molar-refractivity contribution in [1.29, 1.82) is 0 Å². The van der Waals surface area contributed by atoms with E-state index in [9.17, 15) is 4.79 Å². The summed E-state index contributed by atoms with van der Waals surface area (Å²) < 4.78 is 5.86. The van der Waals surface area contributed by atoms with Gasteiger partial charge < -0.3 is 15.5 Å². The van der Waals surface area contributed by atoms with Crippen LogP contribution in [0.4, 0.5) is 5.69 Å². The van der Waals surface area contributed by atoms with Crippen LogP contribution in [0.1, 0.15) is 5.56 Å². The molecule has 3 aromatic rings. The minimum Gasteiger partial charge on any atom is -0.456 e. The third kappa shape index (κ3) is 2.04. The van der Waals surface area contributed by atoms with Crippen LogP contribution in [-0.2, 0) is 0 Å². The molecule has 0 aliphatic heterocycles. The fraction of sp³-hybridized carbons (Fsp3) is 0.188. The summed E-state index contributed by atoms with van der Waals surface area (Å²) in [4.78, 5) is 12.7. The van der Waals surface area contributed by atoms with E-state index in [1.807, 2.05) is 43.3 Å². The van der Waals surface area contributed by atoms with Crippen molar-refractivity contribution in [1.82, 2.24) is 0 Å². The molecule has 0 radical (unpaired) electrons. The highest BCUT2D eigenvalue weighted by Crippen LogP contribution is 2.24. The van der Waals surface area contributed by atoms with Gasteiger partial charge in [-0.3, -0.25) is 4.79 Å². The number of rotatable bonds is 3. The summed E-state index contributed by atoms with van der Waals surface area (Å²) in [6.07, 6.45) is 0. The largest absolute Gasteiger partial charge is 0.456 e. The van der Waals surface area contributed by atoms with Crippen molar-refractivity contribution in [3.8, 4) is 0 Å². The monoisotopic (exact) mass is 268 g/mol. The van der Waals surface area contributed by atoms with Crippen molar-refractivity contribution in [2.24, 2.45) is 5.73 Å². The average molecular weight is 268 g/mol. The fourth-order valence-corrected chi connectivity index (χ4v) is 2.36. The van der Waals surface area contributed by atoms with Crippen LogP contribution in [0.15, 0.2) is 45.6 Å². The molecule has 0 bridgehead atoms. The Morgan fingerprint density at radius 1 is 1.20 bits per heavy atom. The molecular formula is C16H16N2O2. The maximum atomic E-state index is 12.7. The predicted octanol–water partition coefficient (Wildman–Crippen LogP) is 2.63. The van der Waals surface area contributed by atoms with E-state index in [2.05, 4.69) is 5.32 Å². The smallest absolute Gasteiger partial charge is 0.202 e. The molecule has 1 heterocycles. The summed E-state index contributed by atoms with van der Waals surface area (Å²) in [5, 5.41) is 4.35. The molecule has 20 heavy (non-hydrogen) atoms. The van der Waals surface area contributed by atoms with Crippen molar-refractivity contribution in [3.05, 3.63) is 52.2 Å². The highest BCUT2D eigenvalue weighted by Gasteiger charge is 2.11. The molecule has 3 rings (SSSR count). The summed E-state index contributed by atoms with van der Waals surface area (Å²) in [6.45, 7) is 3.10. The SMILES string of the molecule is Cc1ccc2c(=O)c3c(NCCN)cccc3oc2c1. The Balaban J connectivity index is 2.35. The van der Waals surface area contributed by atoms with Gasteiger partial charge in [-0.25, -0.2) is 0 Å². The second-order valence-corrected chi connectivity index (χ2v) is 4.82. The van der Waals surface area contributed by atoms with Crippen molar-refractivity contribution in [2.45, 2.75) is 6.92 Å². The molecule has 0 aliphatic carbocycles. The zero-order valence-corrected chi connectivity index (χ0v) is 11.3. The third-order valence-corrected chi connectivity index (χ3v) is 3.31. The molecule has 0 atom stereocenters. The van der Waals surface area contributed by atoms with E-state index in [0.717, 1.165) is 11.3 Å². The molecule has 0 aliphatic rings. The van der Waals surface area contributed by atoms with E-state index in [4.69, 9.17) is 10.2 Å². The molecule has 0 saturated carbocycles. The highest BCUT2D eigenvalue weighted by molar-refractivity contribution is 5.97. The lowest BCUT2D eigenvalue weighted by atomic mass is 10.1. The second kappa shape index (κ2) is 4.98. The molecule has 0 spiro atoms. The zero-order chi connectivity index (χ0) is 14.1. The third-order valence-electron chi connectivity index (χ3n) is 3.31. The van der Waals surface area contributed by atoms with Crippen molar-refractivity contribution < 1.29 is 4.42 Å². The van der Waals surface area contributed by atoms with Gasteiger partial charge in [0.05, 0.1) is 10.8 Å². The Bertz CT molecular complexity index is 837. The first-order valence-corrected chi connectivity index (χ1v) is 6.61. The summed E-state index contributed by atoms with van der Waals surface area (Å²) in [6, 6.07) is 11.2. The van der Waals surface area contributed by atoms with Gasteiger partial charge in [0.2, 0.25) is 5.43 Å². The van der Waals surface area contributed by atoms with Crippen LogP contribution in [0.3, 0.4) is 0 Å². The van der Waals surface area contributed by atoms with Gasteiger partial charge in [0, 0.05) is 18.8 Å². The van der Waals surface area contributed by atoms with Crippen LogP contribution < -0.4 is 16.5 Å². The minimum atomic E-state index is -0.0126. The van der Waals surface area contributed by atoms with Crippen molar-refractivity contribution in [3.63, 3.8) is 0 Å². The molecule has 3 N–H and O–H groups in total. The van der Waals surface area contributed by atoms with E-state index in [1.165, 1.54) is 0 Å². The summed E-state index contributed by atoms with van der Waals surface area (Å²) in [7, 11) is 0. The normalized spacial score (nSPS) is 11.1. The maximum absolute atomic E-state index is 12.7. The van der Waals surface area contributed by atoms with Crippen LogP contribution in [0.5, 0.6) is 0 Å². The van der Waals surface area contributed by atoms with E-state index >= 15 is 0 Å². The lowest BCUT2D eigenvalue weighted by molar-refractivity contribution is 0.659. The predicted molar refractivity (Wildman–Crippen MR) is 82.3 cm³/mol. The fourth-order valence-electron chi connectivity index (χ4n) is 2.36. The van der Waals surface area contributed by atoms with Crippen LogP contribution in [0, 0.1) is 6.92 Å². The molecule has 2 aromatic carbocycles. The molecule has 102 valence electrons.